The lowest BCUT2D eigenvalue weighted by molar-refractivity contribution is -0.147. The van der Waals surface area contributed by atoms with Gasteiger partial charge in [-0.3, -0.25) is 9.69 Å². The van der Waals surface area contributed by atoms with Crippen LogP contribution in [0.15, 0.2) is 96.4 Å². The van der Waals surface area contributed by atoms with Crippen LogP contribution >= 0.6 is 11.3 Å². The monoisotopic (exact) mass is 511 g/mol. The summed E-state index contributed by atoms with van der Waals surface area (Å²) in [6.45, 7) is 3.07. The molecule has 37 heavy (non-hydrogen) atoms. The topological polar surface area (TPSA) is 61.9 Å². The molecule has 1 saturated heterocycles. The molecule has 0 spiro atoms. The Hall–Kier alpha value is -3.94. The van der Waals surface area contributed by atoms with Gasteiger partial charge in [0, 0.05) is 53.6 Å². The Balaban J connectivity index is 1.22. The van der Waals surface area contributed by atoms with Crippen molar-refractivity contribution in [3.63, 3.8) is 0 Å². The molecule has 6 nitrogen and oxygen atoms in total. The Morgan fingerprint density at radius 3 is 2.22 bits per heavy atom. The number of hydrogen-bond donors (Lipinski definition) is 1. The average Bonchev–Trinajstić information content (AvgIpc) is 3.50. The summed E-state index contributed by atoms with van der Waals surface area (Å²) in [7, 11) is 1.44. The number of nitrogens with one attached hydrogen (secondary N) is 1. The number of rotatable bonds is 7. The Labute approximate surface area is 221 Å². The van der Waals surface area contributed by atoms with E-state index in [2.05, 4.69) is 15.1 Å². The highest BCUT2D eigenvalue weighted by atomic mass is 32.1. The summed E-state index contributed by atoms with van der Waals surface area (Å²) in [5.74, 6) is -0.361. The molecule has 3 aromatic carbocycles. The molecular weight excluding hydrogens is 482 g/mol. The zero-order chi connectivity index (χ0) is 25.6. The first kappa shape index (κ1) is 24.7. The van der Waals surface area contributed by atoms with Gasteiger partial charge in [0.1, 0.15) is 6.04 Å². The number of nitrogens with zero attached hydrogens (tertiary/aromatic N) is 2. The standard InChI is InChI=1S/C30H29N3O3S/c1-36-30(35)28(22-8-3-2-4-9-22)33-19-17-32(18-20-33)24-15-13-23(14-16-24)31-29(34)26-11-6-5-10-25(26)27-12-7-21-37-27/h2-16,21,28H,17-20H2,1H3,(H,31,34). The van der Waals surface area contributed by atoms with E-state index in [4.69, 9.17) is 4.74 Å². The van der Waals surface area contributed by atoms with Gasteiger partial charge in [-0.05, 0) is 47.3 Å². The first-order chi connectivity index (χ1) is 18.1. The number of methoxy groups -OCH3 is 1. The molecule has 1 atom stereocenters. The van der Waals surface area contributed by atoms with E-state index < -0.39 is 6.04 Å². The molecule has 0 radical (unpaired) electrons. The second kappa shape index (κ2) is 11.4. The van der Waals surface area contributed by atoms with Gasteiger partial charge in [0.2, 0.25) is 0 Å². The number of benzene rings is 3. The summed E-state index contributed by atoms with van der Waals surface area (Å²) in [5.41, 5.74) is 4.38. The van der Waals surface area contributed by atoms with Crippen molar-refractivity contribution in [1.29, 1.82) is 0 Å². The van der Waals surface area contributed by atoms with E-state index in [9.17, 15) is 9.59 Å². The van der Waals surface area contributed by atoms with Crippen LogP contribution in [0, 0.1) is 0 Å². The third-order valence-electron chi connectivity index (χ3n) is 6.67. The lowest BCUT2D eigenvalue weighted by Gasteiger charge is -2.39. The van der Waals surface area contributed by atoms with Gasteiger partial charge < -0.3 is 15.0 Å². The van der Waals surface area contributed by atoms with Crippen molar-refractivity contribution in [3.05, 3.63) is 108 Å². The quantitative estimate of drug-likeness (QED) is 0.322. The highest BCUT2D eigenvalue weighted by molar-refractivity contribution is 7.13. The maximum absolute atomic E-state index is 13.1. The molecule has 7 heteroatoms. The molecule has 1 aromatic heterocycles. The Kier molecular flexibility index (Phi) is 7.63. The molecule has 1 fully saturated rings. The molecule has 2 heterocycles. The number of carbonyl (C=O) groups excluding carboxylic acids is 2. The van der Waals surface area contributed by atoms with E-state index in [0.717, 1.165) is 53.6 Å². The molecule has 0 bridgehead atoms. The number of hydrogen-bond acceptors (Lipinski definition) is 6. The van der Waals surface area contributed by atoms with Crippen molar-refractivity contribution < 1.29 is 14.3 Å². The van der Waals surface area contributed by atoms with Crippen LogP contribution in [0.1, 0.15) is 22.0 Å². The normalized spacial score (nSPS) is 14.7. The smallest absolute Gasteiger partial charge is 0.327 e. The fourth-order valence-corrected chi connectivity index (χ4v) is 5.53. The van der Waals surface area contributed by atoms with Crippen LogP contribution < -0.4 is 10.2 Å². The van der Waals surface area contributed by atoms with Gasteiger partial charge in [0.25, 0.3) is 5.91 Å². The van der Waals surface area contributed by atoms with Crippen LogP contribution in [-0.4, -0.2) is 50.1 Å². The van der Waals surface area contributed by atoms with Gasteiger partial charge in [-0.2, -0.15) is 0 Å². The predicted octanol–water partition coefficient (Wildman–Crippen LogP) is 5.70. The number of anilines is 2. The molecule has 1 amide bonds. The van der Waals surface area contributed by atoms with Crippen LogP contribution in [0.2, 0.25) is 0 Å². The third-order valence-corrected chi connectivity index (χ3v) is 7.57. The summed E-state index contributed by atoms with van der Waals surface area (Å²) in [6, 6.07) is 29.0. The minimum absolute atomic E-state index is 0.125. The van der Waals surface area contributed by atoms with Gasteiger partial charge in [-0.15, -0.1) is 11.3 Å². The summed E-state index contributed by atoms with van der Waals surface area (Å²) >= 11 is 1.62. The first-order valence-corrected chi connectivity index (χ1v) is 13.2. The van der Waals surface area contributed by atoms with Crippen molar-refractivity contribution in [2.24, 2.45) is 0 Å². The predicted molar refractivity (Wildman–Crippen MR) is 149 cm³/mol. The van der Waals surface area contributed by atoms with Crippen LogP contribution in [-0.2, 0) is 9.53 Å². The molecule has 0 aliphatic carbocycles. The van der Waals surface area contributed by atoms with E-state index in [1.807, 2.05) is 96.4 Å². The minimum atomic E-state index is -0.400. The second-order valence-electron chi connectivity index (χ2n) is 8.88. The Morgan fingerprint density at radius 2 is 1.54 bits per heavy atom. The number of ether oxygens (including phenoxy) is 1. The van der Waals surface area contributed by atoms with Crippen LogP contribution in [0.3, 0.4) is 0 Å². The number of thiophene rings is 1. The van der Waals surface area contributed by atoms with Gasteiger partial charge >= 0.3 is 5.97 Å². The SMILES string of the molecule is COC(=O)C(c1ccccc1)N1CCN(c2ccc(NC(=O)c3ccccc3-c3cccs3)cc2)CC1. The number of piperazine rings is 1. The van der Waals surface area contributed by atoms with Crippen molar-refractivity contribution in [2.45, 2.75) is 6.04 Å². The van der Waals surface area contributed by atoms with Gasteiger partial charge in [-0.25, -0.2) is 4.79 Å². The Morgan fingerprint density at radius 1 is 0.838 bits per heavy atom. The van der Waals surface area contributed by atoms with Gasteiger partial charge in [0.05, 0.1) is 7.11 Å². The zero-order valence-electron chi connectivity index (χ0n) is 20.7. The van der Waals surface area contributed by atoms with E-state index in [-0.39, 0.29) is 11.9 Å². The molecular formula is C30H29N3O3S. The largest absolute Gasteiger partial charge is 0.468 e. The van der Waals surface area contributed by atoms with Crippen molar-refractivity contribution >= 4 is 34.6 Å². The highest BCUT2D eigenvalue weighted by Gasteiger charge is 2.31. The van der Waals surface area contributed by atoms with E-state index in [1.54, 1.807) is 11.3 Å². The van der Waals surface area contributed by atoms with Crippen LogP contribution in [0.25, 0.3) is 10.4 Å². The molecule has 1 aliphatic rings. The van der Waals surface area contributed by atoms with E-state index in [1.165, 1.54) is 7.11 Å². The second-order valence-corrected chi connectivity index (χ2v) is 9.83. The number of esters is 1. The van der Waals surface area contributed by atoms with E-state index >= 15 is 0 Å². The van der Waals surface area contributed by atoms with Crippen molar-refractivity contribution in [2.75, 3.05) is 43.5 Å². The lowest BCUT2D eigenvalue weighted by atomic mass is 10.0. The van der Waals surface area contributed by atoms with Crippen LogP contribution in [0.5, 0.6) is 0 Å². The molecule has 188 valence electrons. The number of amides is 1. The molecule has 4 aromatic rings. The highest BCUT2D eigenvalue weighted by Crippen LogP contribution is 2.29. The lowest BCUT2D eigenvalue weighted by Crippen LogP contribution is -2.49. The molecule has 1 N–H and O–H groups in total. The minimum Gasteiger partial charge on any atom is -0.468 e. The average molecular weight is 512 g/mol. The maximum Gasteiger partial charge on any atom is 0.327 e. The molecule has 0 saturated carbocycles. The van der Waals surface area contributed by atoms with E-state index in [0.29, 0.717) is 5.56 Å². The zero-order valence-corrected chi connectivity index (χ0v) is 21.5. The summed E-state index contributed by atoms with van der Waals surface area (Å²) in [5, 5.41) is 5.05. The summed E-state index contributed by atoms with van der Waals surface area (Å²) in [4.78, 5) is 31.2. The van der Waals surface area contributed by atoms with Crippen LogP contribution in [0.4, 0.5) is 11.4 Å². The van der Waals surface area contributed by atoms with Gasteiger partial charge in [0.15, 0.2) is 0 Å². The molecule has 1 unspecified atom stereocenters. The maximum atomic E-state index is 13.1. The molecule has 1 aliphatic heterocycles. The fourth-order valence-electron chi connectivity index (χ4n) is 4.76. The summed E-state index contributed by atoms with van der Waals surface area (Å²) in [6.07, 6.45) is 0. The third kappa shape index (κ3) is 5.58. The fraction of sp³-hybridized carbons (Fsp3) is 0.200. The van der Waals surface area contributed by atoms with Gasteiger partial charge in [-0.1, -0.05) is 54.6 Å². The first-order valence-electron chi connectivity index (χ1n) is 12.3. The van der Waals surface area contributed by atoms with Crippen molar-refractivity contribution in [1.82, 2.24) is 4.90 Å². The molecule has 5 rings (SSSR count). The van der Waals surface area contributed by atoms with Crippen molar-refractivity contribution in [3.8, 4) is 10.4 Å². The Bertz CT molecular complexity index is 1330. The number of carbonyl (C=O) groups is 2. The summed E-state index contributed by atoms with van der Waals surface area (Å²) < 4.78 is 5.11.